The summed E-state index contributed by atoms with van der Waals surface area (Å²) in [5.74, 6) is -0.578. The molecule has 1 fully saturated rings. The second-order valence-corrected chi connectivity index (χ2v) is 5.67. The van der Waals surface area contributed by atoms with Gasteiger partial charge in [-0.2, -0.15) is 0 Å². The van der Waals surface area contributed by atoms with Gasteiger partial charge in [0, 0.05) is 30.4 Å². The third kappa shape index (κ3) is 4.20. The fourth-order valence-corrected chi connectivity index (χ4v) is 2.62. The van der Waals surface area contributed by atoms with Gasteiger partial charge in [-0.05, 0) is 42.8 Å². The average Bonchev–Trinajstić information content (AvgIpc) is 3.07. The summed E-state index contributed by atoms with van der Waals surface area (Å²) >= 11 is 0. The molecule has 0 saturated carbocycles. The summed E-state index contributed by atoms with van der Waals surface area (Å²) in [5.41, 5.74) is 1.79. The molecule has 0 atom stereocenters. The van der Waals surface area contributed by atoms with Gasteiger partial charge in [0.15, 0.2) is 0 Å². The first-order valence-electron chi connectivity index (χ1n) is 8.02. The second kappa shape index (κ2) is 7.57. The van der Waals surface area contributed by atoms with Crippen LogP contribution in [-0.2, 0) is 9.59 Å². The molecule has 1 saturated heterocycles. The monoisotopic (exact) mass is 338 g/mol. The summed E-state index contributed by atoms with van der Waals surface area (Å²) in [7, 11) is 0. The van der Waals surface area contributed by atoms with Crippen molar-refractivity contribution in [3.05, 3.63) is 54.4 Å². The van der Waals surface area contributed by atoms with Gasteiger partial charge in [-0.1, -0.05) is 0 Å². The molecule has 1 aliphatic rings. The summed E-state index contributed by atoms with van der Waals surface area (Å²) in [4.78, 5) is 41.3. The molecule has 3 amide bonds. The van der Waals surface area contributed by atoms with Crippen LogP contribution in [0.4, 0.5) is 11.4 Å². The van der Waals surface area contributed by atoms with Crippen molar-refractivity contribution in [3.63, 3.8) is 0 Å². The van der Waals surface area contributed by atoms with E-state index in [0.29, 0.717) is 24.2 Å². The van der Waals surface area contributed by atoms with Crippen LogP contribution in [0, 0.1) is 0 Å². The Kier molecular flexibility index (Phi) is 5.03. The highest BCUT2D eigenvalue weighted by atomic mass is 16.2. The molecule has 1 aliphatic heterocycles. The van der Waals surface area contributed by atoms with Crippen molar-refractivity contribution in [3.8, 4) is 0 Å². The number of anilines is 2. The standard InChI is InChI=1S/C18H18N4O3/c23-16(21-14-3-1-9-19-11-14)12-20-18(25)13-5-7-15(8-6-13)22-10-2-4-17(22)24/h1,3,5-9,11H,2,4,10,12H2,(H,20,25)(H,21,23). The quantitative estimate of drug-likeness (QED) is 0.866. The van der Waals surface area contributed by atoms with Gasteiger partial charge in [0.05, 0.1) is 18.4 Å². The predicted molar refractivity (Wildman–Crippen MR) is 93.2 cm³/mol. The number of carbonyl (C=O) groups excluding carboxylic acids is 3. The van der Waals surface area contributed by atoms with E-state index in [4.69, 9.17) is 0 Å². The first-order chi connectivity index (χ1) is 12.1. The number of aromatic nitrogens is 1. The maximum absolute atomic E-state index is 12.1. The normalized spacial score (nSPS) is 13.6. The Balaban J connectivity index is 1.52. The van der Waals surface area contributed by atoms with E-state index in [0.717, 1.165) is 12.1 Å². The molecular weight excluding hydrogens is 320 g/mol. The fraction of sp³-hybridized carbons (Fsp3) is 0.222. The lowest BCUT2D eigenvalue weighted by Crippen LogP contribution is -2.32. The van der Waals surface area contributed by atoms with Gasteiger partial charge in [0.2, 0.25) is 11.8 Å². The van der Waals surface area contributed by atoms with Gasteiger partial charge < -0.3 is 15.5 Å². The molecule has 2 N–H and O–H groups in total. The van der Waals surface area contributed by atoms with Gasteiger partial charge >= 0.3 is 0 Å². The number of rotatable bonds is 5. The van der Waals surface area contributed by atoms with Gasteiger partial charge in [0.1, 0.15) is 0 Å². The van der Waals surface area contributed by atoms with Crippen molar-refractivity contribution in [1.82, 2.24) is 10.3 Å². The van der Waals surface area contributed by atoms with Crippen LogP contribution in [0.15, 0.2) is 48.8 Å². The number of carbonyl (C=O) groups is 3. The van der Waals surface area contributed by atoms with Gasteiger partial charge in [-0.3, -0.25) is 19.4 Å². The van der Waals surface area contributed by atoms with E-state index < -0.39 is 0 Å². The number of hydrogen-bond acceptors (Lipinski definition) is 4. The van der Waals surface area contributed by atoms with Gasteiger partial charge in [0.25, 0.3) is 5.91 Å². The van der Waals surface area contributed by atoms with Crippen LogP contribution in [0.2, 0.25) is 0 Å². The zero-order valence-corrected chi connectivity index (χ0v) is 13.6. The molecule has 0 aliphatic carbocycles. The molecule has 1 aromatic heterocycles. The molecule has 2 heterocycles. The Labute approximate surface area is 145 Å². The van der Waals surface area contributed by atoms with E-state index in [9.17, 15) is 14.4 Å². The molecule has 7 nitrogen and oxygen atoms in total. The van der Waals surface area contributed by atoms with Crippen LogP contribution in [0.25, 0.3) is 0 Å². The molecule has 128 valence electrons. The van der Waals surface area contributed by atoms with E-state index in [2.05, 4.69) is 15.6 Å². The van der Waals surface area contributed by atoms with Crippen molar-refractivity contribution in [1.29, 1.82) is 0 Å². The Morgan fingerprint density at radius 2 is 1.96 bits per heavy atom. The summed E-state index contributed by atoms with van der Waals surface area (Å²) in [6, 6.07) is 10.2. The fourth-order valence-electron chi connectivity index (χ4n) is 2.62. The first kappa shape index (κ1) is 16.6. The summed E-state index contributed by atoms with van der Waals surface area (Å²) < 4.78 is 0. The lowest BCUT2D eigenvalue weighted by molar-refractivity contribution is -0.117. The molecule has 25 heavy (non-hydrogen) atoms. The minimum Gasteiger partial charge on any atom is -0.343 e. The van der Waals surface area contributed by atoms with Crippen molar-refractivity contribution in [2.24, 2.45) is 0 Å². The lowest BCUT2D eigenvalue weighted by Gasteiger charge is -2.15. The van der Waals surface area contributed by atoms with Crippen LogP contribution in [0.3, 0.4) is 0 Å². The van der Waals surface area contributed by atoms with Crippen molar-refractivity contribution in [2.45, 2.75) is 12.8 Å². The van der Waals surface area contributed by atoms with Crippen molar-refractivity contribution >= 4 is 29.1 Å². The average molecular weight is 338 g/mol. The molecular formula is C18H18N4O3. The predicted octanol–water partition coefficient (Wildman–Crippen LogP) is 1.58. The second-order valence-electron chi connectivity index (χ2n) is 5.67. The lowest BCUT2D eigenvalue weighted by atomic mass is 10.2. The largest absolute Gasteiger partial charge is 0.343 e. The Hall–Kier alpha value is -3.22. The number of hydrogen-bond donors (Lipinski definition) is 2. The zero-order chi connectivity index (χ0) is 17.6. The Morgan fingerprint density at radius 3 is 2.60 bits per heavy atom. The number of nitrogens with one attached hydrogen (secondary N) is 2. The van der Waals surface area contributed by atoms with Crippen LogP contribution in [-0.4, -0.2) is 35.8 Å². The van der Waals surface area contributed by atoms with Crippen LogP contribution < -0.4 is 15.5 Å². The Bertz CT molecular complexity index is 775. The number of nitrogens with zero attached hydrogens (tertiary/aromatic N) is 2. The van der Waals surface area contributed by atoms with Crippen molar-refractivity contribution < 1.29 is 14.4 Å². The number of pyridine rings is 1. The Morgan fingerprint density at radius 1 is 1.16 bits per heavy atom. The van der Waals surface area contributed by atoms with Gasteiger partial charge in [-0.15, -0.1) is 0 Å². The zero-order valence-electron chi connectivity index (χ0n) is 13.6. The first-order valence-corrected chi connectivity index (χ1v) is 8.02. The molecule has 0 radical (unpaired) electrons. The van der Waals surface area contributed by atoms with E-state index in [1.165, 1.54) is 6.20 Å². The van der Waals surface area contributed by atoms with Crippen LogP contribution in [0.1, 0.15) is 23.2 Å². The highest BCUT2D eigenvalue weighted by molar-refractivity contribution is 6.00. The third-order valence-corrected chi connectivity index (χ3v) is 3.87. The summed E-state index contributed by atoms with van der Waals surface area (Å²) in [5, 5.41) is 5.20. The highest BCUT2D eigenvalue weighted by Gasteiger charge is 2.21. The van der Waals surface area contributed by atoms with Gasteiger partial charge in [-0.25, -0.2) is 0 Å². The summed E-state index contributed by atoms with van der Waals surface area (Å²) in [6.45, 7) is 0.568. The van der Waals surface area contributed by atoms with E-state index in [-0.39, 0.29) is 24.3 Å². The van der Waals surface area contributed by atoms with E-state index >= 15 is 0 Å². The number of benzene rings is 1. The van der Waals surface area contributed by atoms with Crippen LogP contribution >= 0.6 is 0 Å². The number of amides is 3. The molecule has 0 bridgehead atoms. The summed E-state index contributed by atoms with van der Waals surface area (Å²) in [6.07, 6.45) is 4.55. The topological polar surface area (TPSA) is 91.4 Å². The minimum absolute atomic E-state index is 0.101. The third-order valence-electron chi connectivity index (χ3n) is 3.87. The maximum Gasteiger partial charge on any atom is 0.251 e. The minimum atomic E-state index is -0.347. The van der Waals surface area contributed by atoms with E-state index in [1.807, 2.05) is 0 Å². The van der Waals surface area contributed by atoms with Crippen molar-refractivity contribution in [2.75, 3.05) is 23.3 Å². The molecule has 1 aromatic carbocycles. The molecule has 0 unspecified atom stereocenters. The smallest absolute Gasteiger partial charge is 0.251 e. The molecule has 2 aromatic rings. The molecule has 3 rings (SSSR count). The highest BCUT2D eigenvalue weighted by Crippen LogP contribution is 2.21. The maximum atomic E-state index is 12.1. The van der Waals surface area contributed by atoms with Crippen LogP contribution in [0.5, 0.6) is 0 Å². The molecule has 0 spiro atoms. The molecule has 7 heteroatoms. The SMILES string of the molecule is O=C(CNC(=O)c1ccc(N2CCCC2=O)cc1)Nc1cccnc1. The van der Waals surface area contributed by atoms with E-state index in [1.54, 1.807) is 47.5 Å².